The lowest BCUT2D eigenvalue weighted by molar-refractivity contribution is 1.16. The van der Waals surface area contributed by atoms with Gasteiger partial charge in [0.15, 0.2) is 5.82 Å². The molecule has 116 valence electrons. The molecule has 2 aromatic heterocycles. The first-order valence-corrected chi connectivity index (χ1v) is 7.97. The van der Waals surface area contributed by atoms with Gasteiger partial charge in [-0.1, -0.05) is 48.5 Å². The maximum absolute atomic E-state index is 4.82. The third-order valence-corrected chi connectivity index (χ3v) is 4.11. The smallest absolute Gasteiger partial charge is 0.178 e. The first-order chi connectivity index (χ1) is 11.7. The molecule has 0 saturated heterocycles. The van der Waals surface area contributed by atoms with Crippen molar-refractivity contribution in [2.45, 2.75) is 13.8 Å². The molecule has 0 spiro atoms. The Balaban J connectivity index is 1.85. The van der Waals surface area contributed by atoms with Gasteiger partial charge >= 0.3 is 0 Å². The number of hydrogen-bond donors (Lipinski definition) is 0. The Bertz CT molecular complexity index is 1020. The normalized spacial score (nSPS) is 10.9. The molecule has 24 heavy (non-hydrogen) atoms. The minimum atomic E-state index is 0.658. The van der Waals surface area contributed by atoms with Crippen LogP contribution in [0.1, 0.15) is 11.1 Å². The van der Waals surface area contributed by atoms with Gasteiger partial charge in [-0.2, -0.15) is 0 Å². The summed E-state index contributed by atoms with van der Waals surface area (Å²) in [6, 6.07) is 20.5. The second-order valence-corrected chi connectivity index (χ2v) is 5.98. The van der Waals surface area contributed by atoms with E-state index in [1.54, 1.807) is 0 Å². The van der Waals surface area contributed by atoms with Crippen LogP contribution in [0.3, 0.4) is 0 Å². The minimum Gasteiger partial charge on any atom is -0.244 e. The fourth-order valence-electron chi connectivity index (χ4n) is 2.80. The van der Waals surface area contributed by atoms with E-state index in [1.807, 2.05) is 36.5 Å². The van der Waals surface area contributed by atoms with Crippen molar-refractivity contribution < 1.29 is 0 Å². The van der Waals surface area contributed by atoms with Crippen molar-refractivity contribution in [2.24, 2.45) is 0 Å². The van der Waals surface area contributed by atoms with Crippen molar-refractivity contribution in [1.82, 2.24) is 15.0 Å². The second kappa shape index (κ2) is 5.85. The Morgan fingerprint density at radius 1 is 0.792 bits per heavy atom. The number of nitrogens with zero attached hydrogens (tertiary/aromatic N) is 3. The molecule has 3 heteroatoms. The molecule has 3 nitrogen and oxygen atoms in total. The summed E-state index contributed by atoms with van der Waals surface area (Å²) < 4.78 is 0. The van der Waals surface area contributed by atoms with Crippen LogP contribution in [0.25, 0.3) is 33.7 Å². The lowest BCUT2D eigenvalue weighted by atomic mass is 10.1. The van der Waals surface area contributed by atoms with Gasteiger partial charge in [0, 0.05) is 17.1 Å². The fraction of sp³-hybridized carbons (Fsp3) is 0.0952. The zero-order valence-electron chi connectivity index (χ0n) is 13.7. The van der Waals surface area contributed by atoms with Crippen molar-refractivity contribution >= 4 is 10.9 Å². The maximum atomic E-state index is 4.82. The van der Waals surface area contributed by atoms with Gasteiger partial charge in [-0.15, -0.1) is 0 Å². The van der Waals surface area contributed by atoms with E-state index in [0.29, 0.717) is 5.82 Å². The number of rotatable bonds is 2. The third kappa shape index (κ3) is 2.65. The summed E-state index contributed by atoms with van der Waals surface area (Å²) in [6.45, 7) is 4.14. The molecular weight excluding hydrogens is 294 g/mol. The van der Waals surface area contributed by atoms with Crippen LogP contribution in [0.5, 0.6) is 0 Å². The van der Waals surface area contributed by atoms with E-state index >= 15 is 0 Å². The maximum Gasteiger partial charge on any atom is 0.178 e. The van der Waals surface area contributed by atoms with E-state index in [4.69, 9.17) is 9.97 Å². The third-order valence-electron chi connectivity index (χ3n) is 4.11. The summed E-state index contributed by atoms with van der Waals surface area (Å²) in [5.41, 5.74) is 6.15. The highest BCUT2D eigenvalue weighted by molar-refractivity contribution is 5.80. The quantitative estimate of drug-likeness (QED) is 0.524. The van der Waals surface area contributed by atoms with Crippen molar-refractivity contribution in [2.75, 3.05) is 0 Å². The monoisotopic (exact) mass is 311 g/mol. The molecule has 0 aliphatic rings. The van der Waals surface area contributed by atoms with Crippen LogP contribution in [0.15, 0.2) is 66.9 Å². The highest BCUT2D eigenvalue weighted by Crippen LogP contribution is 2.25. The molecular formula is C21H17N3. The molecule has 0 aliphatic carbocycles. The molecule has 2 heterocycles. The number of fused-ring (bicyclic) bond motifs is 1. The van der Waals surface area contributed by atoms with Gasteiger partial charge < -0.3 is 0 Å². The van der Waals surface area contributed by atoms with Gasteiger partial charge in [-0.25, -0.2) is 15.0 Å². The van der Waals surface area contributed by atoms with Gasteiger partial charge in [-0.3, -0.25) is 0 Å². The first-order valence-electron chi connectivity index (χ1n) is 7.97. The van der Waals surface area contributed by atoms with E-state index in [1.165, 1.54) is 5.56 Å². The lowest BCUT2D eigenvalue weighted by Crippen LogP contribution is -1.96. The van der Waals surface area contributed by atoms with Gasteiger partial charge in [0.05, 0.1) is 11.2 Å². The van der Waals surface area contributed by atoms with Crippen molar-refractivity contribution in [3.8, 4) is 22.8 Å². The summed E-state index contributed by atoms with van der Waals surface area (Å²) in [6.07, 6.45) is 1.86. The standard InChI is InChI=1S/C21H17N3/c1-14-8-10-17-13-22-21(24-19(17)12-14)18-11-9-15(2)20(23-18)16-6-4-3-5-7-16/h3-13H,1-2H3. The second-order valence-electron chi connectivity index (χ2n) is 5.98. The Morgan fingerprint density at radius 2 is 1.62 bits per heavy atom. The summed E-state index contributed by atoms with van der Waals surface area (Å²) >= 11 is 0. The van der Waals surface area contributed by atoms with Gasteiger partial charge in [0.25, 0.3) is 0 Å². The molecule has 0 atom stereocenters. The SMILES string of the molecule is Cc1ccc2cnc(-c3ccc(C)c(-c4ccccc4)n3)nc2c1. The van der Waals surface area contributed by atoms with Crippen LogP contribution in [0.2, 0.25) is 0 Å². The average molecular weight is 311 g/mol. The summed E-state index contributed by atoms with van der Waals surface area (Å²) in [5.74, 6) is 0.658. The number of pyridine rings is 1. The van der Waals surface area contributed by atoms with Crippen LogP contribution in [-0.2, 0) is 0 Å². The van der Waals surface area contributed by atoms with Crippen molar-refractivity contribution in [3.63, 3.8) is 0 Å². The molecule has 0 N–H and O–H groups in total. The van der Waals surface area contributed by atoms with Gasteiger partial charge in [0.1, 0.15) is 5.69 Å². The zero-order chi connectivity index (χ0) is 16.5. The molecule has 0 unspecified atom stereocenters. The Hall–Kier alpha value is -3.07. The summed E-state index contributed by atoms with van der Waals surface area (Å²) in [5, 5.41) is 1.04. The molecule has 0 amide bonds. The predicted molar refractivity (Wildman–Crippen MR) is 97.7 cm³/mol. The van der Waals surface area contributed by atoms with Crippen molar-refractivity contribution in [3.05, 3.63) is 78.0 Å². The number of benzene rings is 2. The predicted octanol–water partition coefficient (Wildman–Crippen LogP) is 4.98. The molecule has 0 aliphatic heterocycles. The zero-order valence-corrected chi connectivity index (χ0v) is 13.7. The topological polar surface area (TPSA) is 38.7 Å². The lowest BCUT2D eigenvalue weighted by Gasteiger charge is -2.08. The number of aryl methyl sites for hydroxylation is 2. The largest absolute Gasteiger partial charge is 0.244 e. The van der Waals surface area contributed by atoms with Crippen LogP contribution in [0.4, 0.5) is 0 Å². The molecule has 0 radical (unpaired) electrons. The Morgan fingerprint density at radius 3 is 2.46 bits per heavy atom. The van der Waals surface area contributed by atoms with E-state index < -0.39 is 0 Å². The van der Waals surface area contributed by atoms with Crippen LogP contribution < -0.4 is 0 Å². The molecule has 4 rings (SSSR count). The first kappa shape index (κ1) is 14.5. The van der Waals surface area contributed by atoms with Crippen molar-refractivity contribution in [1.29, 1.82) is 0 Å². The van der Waals surface area contributed by atoms with Gasteiger partial charge in [-0.05, 0) is 37.1 Å². The fourth-order valence-corrected chi connectivity index (χ4v) is 2.80. The molecule has 4 aromatic rings. The Labute approximate surface area is 141 Å². The van der Waals surface area contributed by atoms with Crippen LogP contribution in [-0.4, -0.2) is 15.0 Å². The number of hydrogen-bond acceptors (Lipinski definition) is 3. The Kier molecular flexibility index (Phi) is 3.54. The number of aromatic nitrogens is 3. The van der Waals surface area contributed by atoms with Crippen LogP contribution in [0, 0.1) is 13.8 Å². The average Bonchev–Trinajstić information content (AvgIpc) is 2.62. The molecule has 0 fully saturated rings. The van der Waals surface area contributed by atoms with E-state index in [2.05, 4.69) is 49.2 Å². The molecule has 0 bridgehead atoms. The highest BCUT2D eigenvalue weighted by Gasteiger charge is 2.09. The van der Waals surface area contributed by atoms with E-state index in [9.17, 15) is 0 Å². The van der Waals surface area contributed by atoms with E-state index in [-0.39, 0.29) is 0 Å². The summed E-state index contributed by atoms with van der Waals surface area (Å²) in [7, 11) is 0. The van der Waals surface area contributed by atoms with E-state index in [0.717, 1.165) is 33.4 Å². The van der Waals surface area contributed by atoms with Crippen LogP contribution >= 0.6 is 0 Å². The summed E-state index contributed by atoms with van der Waals surface area (Å²) in [4.78, 5) is 14.0. The molecule has 0 saturated carbocycles. The minimum absolute atomic E-state index is 0.658. The van der Waals surface area contributed by atoms with Gasteiger partial charge in [0.2, 0.25) is 0 Å². The highest BCUT2D eigenvalue weighted by atomic mass is 14.9. The molecule has 2 aromatic carbocycles.